The van der Waals surface area contributed by atoms with Crippen molar-refractivity contribution in [1.82, 2.24) is 21.0 Å². The third-order valence-corrected chi connectivity index (χ3v) is 8.18. The number of nitrogens with zero attached hydrogens (tertiary/aromatic N) is 3. The molecule has 6 rings (SSSR count). The third kappa shape index (κ3) is 9.59. The number of benzene rings is 3. The molecule has 0 spiro atoms. The van der Waals surface area contributed by atoms with E-state index in [9.17, 15) is 9.18 Å². The Balaban J connectivity index is 1.08. The van der Waals surface area contributed by atoms with Crippen LogP contribution in [0.3, 0.4) is 0 Å². The van der Waals surface area contributed by atoms with E-state index in [2.05, 4.69) is 26.0 Å². The van der Waals surface area contributed by atoms with Crippen molar-refractivity contribution < 1.29 is 41.4 Å². The van der Waals surface area contributed by atoms with Gasteiger partial charge in [-0.25, -0.2) is 18.2 Å². The molecule has 2 aromatic heterocycles. The number of amidine groups is 1. The van der Waals surface area contributed by atoms with Crippen LogP contribution < -0.4 is 25.1 Å². The van der Waals surface area contributed by atoms with Gasteiger partial charge in [0, 0.05) is 34.4 Å². The molecular weight excluding hydrogens is 703 g/mol. The highest BCUT2D eigenvalue weighted by atomic mass is 35.5. The molecular formula is C37H33ClF3N5O6. The van der Waals surface area contributed by atoms with E-state index < -0.39 is 29.8 Å². The summed E-state index contributed by atoms with van der Waals surface area (Å²) >= 11 is 5.80. The highest BCUT2D eigenvalue weighted by molar-refractivity contribution is 6.30. The number of amides is 1. The smallest absolute Gasteiger partial charge is 0.255 e. The third-order valence-electron chi connectivity index (χ3n) is 7.94. The highest BCUT2D eigenvalue weighted by Crippen LogP contribution is 2.27. The van der Waals surface area contributed by atoms with Crippen LogP contribution in [0.5, 0.6) is 17.5 Å². The fourth-order valence-electron chi connectivity index (χ4n) is 5.18. The molecule has 1 saturated heterocycles. The highest BCUT2D eigenvalue weighted by Gasteiger charge is 2.20. The van der Waals surface area contributed by atoms with Crippen molar-refractivity contribution in [1.29, 1.82) is 0 Å². The molecule has 52 heavy (non-hydrogen) atoms. The van der Waals surface area contributed by atoms with Crippen LogP contribution >= 0.6 is 11.6 Å². The molecule has 0 bridgehead atoms. The quantitative estimate of drug-likeness (QED) is 0.0766. The number of halogens is 4. The minimum absolute atomic E-state index is 0.0702. The first kappa shape index (κ1) is 36.2. The Kier molecular flexibility index (Phi) is 11.9. The topological polar surface area (TPSA) is 129 Å². The monoisotopic (exact) mass is 735 g/mol. The number of hydrazine groups is 1. The number of ether oxygens (including phenoxy) is 4. The van der Waals surface area contributed by atoms with Crippen LogP contribution in [-0.2, 0) is 29.2 Å². The zero-order valence-corrected chi connectivity index (χ0v) is 28.6. The second-order valence-electron chi connectivity index (χ2n) is 11.6. The fourth-order valence-corrected chi connectivity index (χ4v) is 5.34. The lowest BCUT2D eigenvalue weighted by molar-refractivity contribution is -0.121. The van der Waals surface area contributed by atoms with Gasteiger partial charge in [0.2, 0.25) is 17.5 Å². The van der Waals surface area contributed by atoms with Crippen molar-refractivity contribution in [2.75, 3.05) is 20.3 Å². The second kappa shape index (κ2) is 17.1. The number of hydrogen-bond acceptors (Lipinski definition) is 9. The largest absolute Gasteiger partial charge is 0.497 e. The number of aromatic nitrogens is 2. The van der Waals surface area contributed by atoms with Gasteiger partial charge in [-0.2, -0.15) is 0 Å². The molecule has 2 N–H and O–H groups in total. The molecule has 1 fully saturated rings. The SMILES string of the molecule is COc1ccc(COc2cc(C(=NC[C@@H]3CCCO3)NNC(=O)Cc3cc(F)c(-c4cccc(OCc5ccc(Cl)cc5F)n4)cc3F)on2)cc1. The van der Waals surface area contributed by atoms with Crippen molar-refractivity contribution >= 4 is 23.3 Å². The molecule has 0 unspecified atom stereocenters. The first-order valence-electron chi connectivity index (χ1n) is 16.2. The van der Waals surface area contributed by atoms with Crippen molar-refractivity contribution in [3.63, 3.8) is 0 Å². The normalized spacial score (nSPS) is 14.2. The molecule has 0 radical (unpaired) electrons. The van der Waals surface area contributed by atoms with Crippen LogP contribution in [0.1, 0.15) is 35.3 Å². The van der Waals surface area contributed by atoms with Crippen LogP contribution in [0.25, 0.3) is 11.3 Å². The summed E-state index contributed by atoms with van der Waals surface area (Å²) in [4.78, 5) is 21.7. The maximum Gasteiger partial charge on any atom is 0.255 e. The van der Waals surface area contributed by atoms with Gasteiger partial charge in [0.1, 0.15) is 36.4 Å². The molecule has 1 aliphatic heterocycles. The Morgan fingerprint density at radius 2 is 1.73 bits per heavy atom. The van der Waals surface area contributed by atoms with Gasteiger partial charge < -0.3 is 23.5 Å². The Bertz CT molecular complexity index is 2040. The Hall–Kier alpha value is -5.60. The van der Waals surface area contributed by atoms with Crippen LogP contribution in [0, 0.1) is 17.5 Å². The van der Waals surface area contributed by atoms with E-state index >= 15 is 8.78 Å². The van der Waals surface area contributed by atoms with Gasteiger partial charge in [0.25, 0.3) is 5.88 Å². The molecule has 1 aliphatic rings. The second-order valence-corrected chi connectivity index (χ2v) is 12.1. The minimum atomic E-state index is -0.830. The molecule has 1 atom stereocenters. The zero-order valence-electron chi connectivity index (χ0n) is 27.8. The molecule has 11 nitrogen and oxygen atoms in total. The Labute approximate surface area is 301 Å². The summed E-state index contributed by atoms with van der Waals surface area (Å²) in [5.41, 5.74) is 6.02. The van der Waals surface area contributed by atoms with Gasteiger partial charge in [-0.1, -0.05) is 35.9 Å². The number of carbonyl (C=O) groups is 1. The average Bonchev–Trinajstić information content (AvgIpc) is 3.85. The molecule has 1 amide bonds. The molecule has 0 saturated carbocycles. The first-order chi connectivity index (χ1) is 25.2. The van der Waals surface area contributed by atoms with E-state index in [0.717, 1.165) is 36.6 Å². The maximum atomic E-state index is 15.3. The summed E-state index contributed by atoms with van der Waals surface area (Å²) in [7, 11) is 1.58. The van der Waals surface area contributed by atoms with E-state index in [1.54, 1.807) is 13.2 Å². The fraction of sp³-hybridized carbons (Fsp3) is 0.243. The van der Waals surface area contributed by atoms with Crippen LogP contribution in [0.15, 0.2) is 88.4 Å². The summed E-state index contributed by atoms with van der Waals surface area (Å²) in [6.07, 6.45) is 1.12. The molecule has 0 aliphatic carbocycles. The number of methoxy groups -OCH3 is 1. The number of pyridine rings is 1. The van der Waals surface area contributed by atoms with Crippen molar-refractivity contribution in [3.05, 3.63) is 124 Å². The van der Waals surface area contributed by atoms with Gasteiger partial charge in [-0.05, 0) is 66.0 Å². The van der Waals surface area contributed by atoms with Gasteiger partial charge in [-0.3, -0.25) is 20.6 Å². The van der Waals surface area contributed by atoms with E-state index in [4.69, 9.17) is 35.1 Å². The number of carbonyl (C=O) groups excluding carboxylic acids is 1. The lowest BCUT2D eigenvalue weighted by Gasteiger charge is -2.12. The summed E-state index contributed by atoms with van der Waals surface area (Å²) in [5.74, 6) is -1.61. The van der Waals surface area contributed by atoms with Crippen LogP contribution in [0.4, 0.5) is 13.2 Å². The van der Waals surface area contributed by atoms with Crippen molar-refractivity contribution in [3.8, 4) is 28.8 Å². The predicted molar refractivity (Wildman–Crippen MR) is 185 cm³/mol. The Morgan fingerprint density at radius 1 is 0.923 bits per heavy atom. The summed E-state index contributed by atoms with van der Waals surface area (Å²) in [5, 5.41) is 4.18. The lowest BCUT2D eigenvalue weighted by atomic mass is 10.0. The summed E-state index contributed by atoms with van der Waals surface area (Å²) < 4.78 is 72.3. The number of hydrogen-bond donors (Lipinski definition) is 2. The number of rotatable bonds is 13. The van der Waals surface area contributed by atoms with Crippen LogP contribution in [-0.4, -0.2) is 48.2 Å². The minimum Gasteiger partial charge on any atom is -0.497 e. The average molecular weight is 736 g/mol. The van der Waals surface area contributed by atoms with Crippen molar-refractivity contribution in [2.45, 2.75) is 38.6 Å². The van der Waals surface area contributed by atoms with E-state index in [1.807, 2.05) is 24.3 Å². The molecule has 5 aromatic rings. The summed E-state index contributed by atoms with van der Waals surface area (Å²) in [6, 6.07) is 19.4. The standard InChI is InChI=1S/C37H33ClF3N5O6/c1-48-26-11-7-22(8-12-26)20-50-36-18-33(52-46-36)37(42-19-27-4-3-13-49-27)45-44-34(47)15-24-14-31(41)28(17-30(24)40)32-5-2-6-35(43-32)51-21-23-9-10-25(38)16-29(23)39/h2,5-12,14,16-18,27H,3-4,13,15,19-21H2,1H3,(H,42,45)(H,44,47)/t27-/m0/s1. The molecule has 3 heterocycles. The van der Waals surface area contributed by atoms with E-state index in [0.29, 0.717) is 12.4 Å². The zero-order chi connectivity index (χ0) is 36.5. The molecule has 3 aromatic carbocycles. The Morgan fingerprint density at radius 3 is 2.50 bits per heavy atom. The first-order valence-corrected chi connectivity index (χ1v) is 16.6. The lowest BCUT2D eigenvalue weighted by Crippen LogP contribution is -2.43. The van der Waals surface area contributed by atoms with E-state index in [1.165, 1.54) is 30.3 Å². The van der Waals surface area contributed by atoms with Gasteiger partial charge in [0.05, 0.1) is 37.9 Å². The summed E-state index contributed by atoms with van der Waals surface area (Å²) in [6.45, 7) is 0.965. The molecule has 15 heteroatoms. The van der Waals surface area contributed by atoms with Crippen molar-refractivity contribution in [2.24, 2.45) is 4.99 Å². The molecule has 270 valence electrons. The number of aliphatic imine (C=N–C) groups is 1. The van der Waals surface area contributed by atoms with Crippen LogP contribution in [0.2, 0.25) is 5.02 Å². The van der Waals surface area contributed by atoms with Gasteiger partial charge in [0.15, 0.2) is 5.84 Å². The predicted octanol–water partition coefficient (Wildman–Crippen LogP) is 6.76. The van der Waals surface area contributed by atoms with E-state index in [-0.39, 0.29) is 76.6 Å². The maximum absolute atomic E-state index is 15.3. The number of nitrogens with one attached hydrogen (secondary N) is 2. The van der Waals surface area contributed by atoms with Gasteiger partial charge in [-0.15, -0.1) is 0 Å². The van der Waals surface area contributed by atoms with Gasteiger partial charge >= 0.3 is 0 Å².